The van der Waals surface area contributed by atoms with Gasteiger partial charge in [0, 0.05) is 0 Å². The van der Waals surface area contributed by atoms with Gasteiger partial charge in [-0.05, 0) is 18.1 Å². The quantitative estimate of drug-likeness (QED) is 0.321. The second-order valence-corrected chi connectivity index (χ2v) is 2.62. The second-order valence-electron chi connectivity index (χ2n) is 2.62. The van der Waals surface area contributed by atoms with Gasteiger partial charge in [0.25, 0.3) is 0 Å². The van der Waals surface area contributed by atoms with Gasteiger partial charge in [-0.2, -0.15) is 0 Å². The van der Waals surface area contributed by atoms with Crippen molar-refractivity contribution in [3.05, 3.63) is 0 Å². The third-order valence-corrected chi connectivity index (χ3v) is 1.72. The first-order chi connectivity index (χ1) is 4.85. The standard InChI is InChI=1S/C8H17O2/c1-3-5-6-7-8(4-2)10-9/h8H,3-7H2,1-2H3. The van der Waals surface area contributed by atoms with Crippen LogP contribution in [0.5, 0.6) is 0 Å². The molecule has 0 aromatic carbocycles. The Labute approximate surface area is 63.1 Å². The molecule has 0 N–H and O–H groups in total. The first-order valence-electron chi connectivity index (χ1n) is 4.13. The summed E-state index contributed by atoms with van der Waals surface area (Å²) in [6.07, 6.45) is 5.25. The van der Waals surface area contributed by atoms with Crippen LogP contribution in [-0.4, -0.2) is 6.10 Å². The van der Waals surface area contributed by atoms with Crippen LogP contribution >= 0.6 is 0 Å². The number of unbranched alkanes of at least 4 members (excludes halogenated alkanes) is 2. The molecule has 0 aliphatic heterocycles. The van der Waals surface area contributed by atoms with E-state index in [-0.39, 0.29) is 6.10 Å². The van der Waals surface area contributed by atoms with Crippen molar-refractivity contribution in [1.82, 2.24) is 0 Å². The van der Waals surface area contributed by atoms with Gasteiger partial charge in [-0.25, -0.2) is 4.89 Å². The number of hydrogen-bond donors (Lipinski definition) is 0. The molecule has 0 aromatic rings. The van der Waals surface area contributed by atoms with Crippen LogP contribution in [0.4, 0.5) is 0 Å². The van der Waals surface area contributed by atoms with Crippen molar-refractivity contribution in [3.63, 3.8) is 0 Å². The largest absolute Gasteiger partial charge is 0.200 e. The summed E-state index contributed by atoms with van der Waals surface area (Å²) in [6, 6.07) is 0. The molecule has 61 valence electrons. The Kier molecular flexibility index (Phi) is 6.98. The predicted molar refractivity (Wildman–Crippen MR) is 40.0 cm³/mol. The lowest BCUT2D eigenvalue weighted by Crippen LogP contribution is -2.07. The normalized spacial score (nSPS) is 13.5. The van der Waals surface area contributed by atoms with E-state index < -0.39 is 0 Å². The maximum atomic E-state index is 9.96. The van der Waals surface area contributed by atoms with Crippen LogP contribution in [0.15, 0.2) is 0 Å². The fourth-order valence-corrected chi connectivity index (χ4v) is 0.942. The monoisotopic (exact) mass is 145 g/mol. The zero-order valence-corrected chi connectivity index (χ0v) is 6.93. The molecule has 1 unspecified atom stereocenters. The molecule has 0 aliphatic carbocycles. The molecule has 0 bridgehead atoms. The highest BCUT2D eigenvalue weighted by Crippen LogP contribution is 2.08. The third kappa shape index (κ3) is 4.77. The van der Waals surface area contributed by atoms with Crippen LogP contribution in [-0.2, 0) is 10.1 Å². The highest BCUT2D eigenvalue weighted by atomic mass is 17.1. The minimum atomic E-state index is -0.0495. The molecule has 0 rings (SSSR count). The molecule has 0 fully saturated rings. The Bertz CT molecular complexity index is 60.3. The molecule has 1 atom stereocenters. The first-order valence-corrected chi connectivity index (χ1v) is 4.13. The zero-order chi connectivity index (χ0) is 7.82. The van der Waals surface area contributed by atoms with Crippen LogP contribution in [0.25, 0.3) is 0 Å². The Hall–Kier alpha value is -0.0800. The van der Waals surface area contributed by atoms with E-state index in [0.29, 0.717) is 0 Å². The van der Waals surface area contributed by atoms with Crippen LogP contribution < -0.4 is 0 Å². The van der Waals surface area contributed by atoms with Gasteiger partial charge in [0.2, 0.25) is 0 Å². The van der Waals surface area contributed by atoms with E-state index in [9.17, 15) is 5.26 Å². The summed E-state index contributed by atoms with van der Waals surface area (Å²) in [5.41, 5.74) is 0. The maximum Gasteiger partial charge on any atom is 0.0959 e. The molecule has 2 nitrogen and oxygen atoms in total. The molecule has 0 heterocycles. The highest BCUT2D eigenvalue weighted by Gasteiger charge is 2.04. The number of rotatable bonds is 6. The second kappa shape index (κ2) is 7.03. The van der Waals surface area contributed by atoms with Crippen molar-refractivity contribution >= 4 is 0 Å². The summed E-state index contributed by atoms with van der Waals surface area (Å²) in [5.74, 6) is 0. The van der Waals surface area contributed by atoms with Crippen LogP contribution in [0.2, 0.25) is 0 Å². The summed E-state index contributed by atoms with van der Waals surface area (Å²) < 4.78 is 0. The van der Waals surface area contributed by atoms with Crippen LogP contribution in [0.3, 0.4) is 0 Å². The van der Waals surface area contributed by atoms with Gasteiger partial charge in [0.1, 0.15) is 0 Å². The molecule has 0 saturated carbocycles. The average Bonchev–Trinajstić information content (AvgIpc) is 1.99. The molecule has 0 amide bonds. The highest BCUT2D eigenvalue weighted by molar-refractivity contribution is 4.52. The van der Waals surface area contributed by atoms with Gasteiger partial charge in [0.05, 0.1) is 6.10 Å². The van der Waals surface area contributed by atoms with E-state index in [0.717, 1.165) is 19.3 Å². The zero-order valence-electron chi connectivity index (χ0n) is 6.93. The average molecular weight is 145 g/mol. The molecular formula is C8H17O2. The van der Waals surface area contributed by atoms with E-state index >= 15 is 0 Å². The lowest BCUT2D eigenvalue weighted by Gasteiger charge is -2.07. The molecule has 0 saturated heterocycles. The van der Waals surface area contributed by atoms with Gasteiger partial charge in [0.15, 0.2) is 0 Å². The van der Waals surface area contributed by atoms with Crippen LogP contribution in [0, 0.1) is 0 Å². The maximum absolute atomic E-state index is 9.96. The summed E-state index contributed by atoms with van der Waals surface area (Å²) in [4.78, 5) is 4.00. The van der Waals surface area contributed by atoms with Crippen molar-refractivity contribution in [1.29, 1.82) is 0 Å². The van der Waals surface area contributed by atoms with E-state index in [2.05, 4.69) is 11.8 Å². The van der Waals surface area contributed by atoms with Crippen molar-refractivity contribution in [2.24, 2.45) is 0 Å². The smallest absolute Gasteiger partial charge is 0.0959 e. The Balaban J connectivity index is 3.09. The molecule has 0 aromatic heterocycles. The minimum Gasteiger partial charge on any atom is -0.200 e. The van der Waals surface area contributed by atoms with E-state index in [4.69, 9.17) is 0 Å². The Morgan fingerprint density at radius 1 is 1.30 bits per heavy atom. The number of hydrogen-bond acceptors (Lipinski definition) is 1. The summed E-state index contributed by atoms with van der Waals surface area (Å²) >= 11 is 0. The molecule has 0 aliphatic rings. The van der Waals surface area contributed by atoms with E-state index in [1.54, 1.807) is 0 Å². The van der Waals surface area contributed by atoms with Crippen molar-refractivity contribution in [3.8, 4) is 0 Å². The van der Waals surface area contributed by atoms with Gasteiger partial charge >= 0.3 is 0 Å². The van der Waals surface area contributed by atoms with Gasteiger partial charge in [-0.3, -0.25) is 0 Å². The van der Waals surface area contributed by atoms with Gasteiger partial charge < -0.3 is 0 Å². The topological polar surface area (TPSA) is 29.1 Å². The van der Waals surface area contributed by atoms with Crippen molar-refractivity contribution < 1.29 is 10.1 Å². The lowest BCUT2D eigenvalue weighted by molar-refractivity contribution is -0.336. The predicted octanol–water partition coefficient (Wildman–Crippen LogP) is 2.71. The fourth-order valence-electron chi connectivity index (χ4n) is 0.942. The molecule has 1 radical (unpaired) electrons. The van der Waals surface area contributed by atoms with Gasteiger partial charge in [-0.15, -0.1) is 0 Å². The molecule has 0 spiro atoms. The minimum absolute atomic E-state index is 0.0495. The van der Waals surface area contributed by atoms with E-state index in [1.807, 2.05) is 6.92 Å². The van der Waals surface area contributed by atoms with Crippen molar-refractivity contribution in [2.75, 3.05) is 0 Å². The summed E-state index contributed by atoms with van der Waals surface area (Å²) in [7, 11) is 0. The Morgan fingerprint density at radius 2 is 2.00 bits per heavy atom. The molecule has 10 heavy (non-hydrogen) atoms. The summed E-state index contributed by atoms with van der Waals surface area (Å²) in [6.45, 7) is 4.13. The molecule has 2 heteroatoms. The first kappa shape index (κ1) is 9.92. The molecular weight excluding hydrogens is 128 g/mol. The lowest BCUT2D eigenvalue weighted by atomic mass is 10.1. The SMILES string of the molecule is CCCCCC(CC)O[O]. The van der Waals surface area contributed by atoms with Crippen molar-refractivity contribution in [2.45, 2.75) is 52.1 Å². The van der Waals surface area contributed by atoms with Gasteiger partial charge in [-0.1, -0.05) is 33.1 Å². The van der Waals surface area contributed by atoms with E-state index in [1.165, 1.54) is 12.8 Å². The third-order valence-electron chi connectivity index (χ3n) is 1.72. The van der Waals surface area contributed by atoms with Crippen LogP contribution in [0.1, 0.15) is 46.0 Å². The Morgan fingerprint density at radius 3 is 2.40 bits per heavy atom. The fraction of sp³-hybridized carbons (Fsp3) is 1.00. The summed E-state index contributed by atoms with van der Waals surface area (Å²) in [5, 5.41) is 9.96.